The third-order valence-corrected chi connectivity index (χ3v) is 3.59. The number of aryl methyl sites for hydroxylation is 2. The standard InChI is InChI=1S/C18H22/c1-5-15-6-11-18(14(4)12-15)17-9-7-16(8-10-17)13(2)3/h6-13H,5H2,1-4H3. The highest BCUT2D eigenvalue weighted by Gasteiger charge is 2.04. The van der Waals surface area contributed by atoms with Gasteiger partial charge < -0.3 is 0 Å². The second-order valence-electron chi connectivity index (χ2n) is 5.28. The molecule has 0 fully saturated rings. The molecule has 18 heavy (non-hydrogen) atoms. The van der Waals surface area contributed by atoms with Crippen LogP contribution >= 0.6 is 0 Å². The summed E-state index contributed by atoms with van der Waals surface area (Å²) in [5, 5.41) is 0. The average Bonchev–Trinajstić information content (AvgIpc) is 2.38. The molecule has 94 valence electrons. The lowest BCUT2D eigenvalue weighted by molar-refractivity contribution is 0.867. The Labute approximate surface area is 111 Å². The Morgan fingerprint density at radius 3 is 2.11 bits per heavy atom. The van der Waals surface area contributed by atoms with Gasteiger partial charge >= 0.3 is 0 Å². The van der Waals surface area contributed by atoms with Gasteiger partial charge in [0.25, 0.3) is 0 Å². The molecule has 0 aliphatic rings. The van der Waals surface area contributed by atoms with Crippen LogP contribution in [0.4, 0.5) is 0 Å². The Bertz CT molecular complexity index is 518. The van der Waals surface area contributed by atoms with Crippen molar-refractivity contribution in [1.29, 1.82) is 0 Å². The quantitative estimate of drug-likeness (QED) is 0.676. The molecule has 2 aromatic rings. The van der Waals surface area contributed by atoms with Crippen molar-refractivity contribution in [2.75, 3.05) is 0 Å². The lowest BCUT2D eigenvalue weighted by Crippen LogP contribution is -1.89. The predicted octanol–water partition coefficient (Wildman–Crippen LogP) is 5.35. The third-order valence-electron chi connectivity index (χ3n) is 3.59. The molecule has 0 saturated heterocycles. The van der Waals surface area contributed by atoms with E-state index in [1.165, 1.54) is 27.8 Å². The summed E-state index contributed by atoms with van der Waals surface area (Å²) < 4.78 is 0. The average molecular weight is 238 g/mol. The summed E-state index contributed by atoms with van der Waals surface area (Å²) in [4.78, 5) is 0. The fraction of sp³-hybridized carbons (Fsp3) is 0.333. The van der Waals surface area contributed by atoms with Crippen molar-refractivity contribution in [2.24, 2.45) is 0 Å². The van der Waals surface area contributed by atoms with Crippen molar-refractivity contribution in [2.45, 2.75) is 40.0 Å². The van der Waals surface area contributed by atoms with Gasteiger partial charge in [0.1, 0.15) is 0 Å². The maximum absolute atomic E-state index is 2.30. The van der Waals surface area contributed by atoms with Crippen LogP contribution in [0.5, 0.6) is 0 Å². The van der Waals surface area contributed by atoms with Crippen LogP contribution in [-0.4, -0.2) is 0 Å². The van der Waals surface area contributed by atoms with Crippen molar-refractivity contribution in [1.82, 2.24) is 0 Å². The zero-order valence-corrected chi connectivity index (χ0v) is 11.8. The first kappa shape index (κ1) is 12.9. The van der Waals surface area contributed by atoms with E-state index in [2.05, 4.69) is 70.2 Å². The molecule has 0 saturated carbocycles. The SMILES string of the molecule is CCc1ccc(-c2ccc(C(C)C)cc2)c(C)c1. The molecule has 0 bridgehead atoms. The highest BCUT2D eigenvalue weighted by molar-refractivity contribution is 5.67. The summed E-state index contributed by atoms with van der Waals surface area (Å²) in [6.45, 7) is 8.86. The first-order valence-corrected chi connectivity index (χ1v) is 6.81. The van der Waals surface area contributed by atoms with Gasteiger partial charge in [-0.15, -0.1) is 0 Å². The van der Waals surface area contributed by atoms with E-state index < -0.39 is 0 Å². The minimum atomic E-state index is 0.600. The van der Waals surface area contributed by atoms with Crippen LogP contribution in [0.2, 0.25) is 0 Å². The van der Waals surface area contributed by atoms with Crippen LogP contribution < -0.4 is 0 Å². The second kappa shape index (κ2) is 5.39. The van der Waals surface area contributed by atoms with Gasteiger partial charge in [-0.25, -0.2) is 0 Å². The van der Waals surface area contributed by atoms with E-state index in [0.717, 1.165) is 6.42 Å². The van der Waals surface area contributed by atoms with Gasteiger partial charge in [0.2, 0.25) is 0 Å². The Kier molecular flexibility index (Phi) is 3.86. The van der Waals surface area contributed by atoms with Gasteiger partial charge in [-0.3, -0.25) is 0 Å². The van der Waals surface area contributed by atoms with E-state index >= 15 is 0 Å². The molecule has 0 unspecified atom stereocenters. The summed E-state index contributed by atoms with van der Waals surface area (Å²) in [5.41, 5.74) is 6.85. The van der Waals surface area contributed by atoms with E-state index in [1.807, 2.05) is 0 Å². The van der Waals surface area contributed by atoms with Crippen LogP contribution in [0.25, 0.3) is 11.1 Å². The minimum Gasteiger partial charge on any atom is -0.0613 e. The van der Waals surface area contributed by atoms with Gasteiger partial charge in [-0.2, -0.15) is 0 Å². The highest BCUT2D eigenvalue weighted by atomic mass is 14.1. The number of rotatable bonds is 3. The smallest absolute Gasteiger partial charge is 0.0155 e. The summed E-state index contributed by atoms with van der Waals surface area (Å²) in [5.74, 6) is 0.600. The van der Waals surface area contributed by atoms with Crippen molar-refractivity contribution < 1.29 is 0 Å². The molecular formula is C18H22. The minimum absolute atomic E-state index is 0.600. The molecular weight excluding hydrogens is 216 g/mol. The van der Waals surface area contributed by atoms with Crippen LogP contribution in [0.15, 0.2) is 42.5 Å². The van der Waals surface area contributed by atoms with Crippen molar-refractivity contribution in [3.05, 3.63) is 59.2 Å². The summed E-state index contributed by atoms with van der Waals surface area (Å²) in [7, 11) is 0. The van der Waals surface area contributed by atoms with Crippen molar-refractivity contribution in [3.8, 4) is 11.1 Å². The molecule has 0 spiro atoms. The molecule has 2 rings (SSSR count). The summed E-state index contributed by atoms with van der Waals surface area (Å²) >= 11 is 0. The van der Waals surface area contributed by atoms with Crippen LogP contribution in [-0.2, 0) is 6.42 Å². The van der Waals surface area contributed by atoms with Crippen molar-refractivity contribution >= 4 is 0 Å². The second-order valence-corrected chi connectivity index (χ2v) is 5.28. The van der Waals surface area contributed by atoms with Crippen molar-refractivity contribution in [3.63, 3.8) is 0 Å². The molecule has 0 aliphatic carbocycles. The van der Waals surface area contributed by atoms with E-state index in [1.54, 1.807) is 0 Å². The molecule has 2 aromatic carbocycles. The Balaban J connectivity index is 2.36. The maximum Gasteiger partial charge on any atom is -0.0155 e. The lowest BCUT2D eigenvalue weighted by atomic mass is 9.95. The number of benzene rings is 2. The van der Waals surface area contributed by atoms with E-state index in [0.29, 0.717) is 5.92 Å². The summed E-state index contributed by atoms with van der Waals surface area (Å²) in [6, 6.07) is 15.7. The molecule has 0 heterocycles. The summed E-state index contributed by atoms with van der Waals surface area (Å²) in [6.07, 6.45) is 1.10. The molecule has 0 heteroatoms. The molecule has 0 amide bonds. The molecule has 0 aromatic heterocycles. The van der Waals surface area contributed by atoms with Gasteiger partial charge in [0, 0.05) is 0 Å². The van der Waals surface area contributed by atoms with E-state index in [4.69, 9.17) is 0 Å². The van der Waals surface area contributed by atoms with Crippen LogP contribution in [0.3, 0.4) is 0 Å². The van der Waals surface area contributed by atoms with Gasteiger partial charge in [-0.05, 0) is 47.1 Å². The largest absolute Gasteiger partial charge is 0.0613 e. The molecule has 0 radical (unpaired) electrons. The fourth-order valence-corrected chi connectivity index (χ4v) is 2.32. The number of hydrogen-bond donors (Lipinski definition) is 0. The van der Waals surface area contributed by atoms with Crippen LogP contribution in [0.1, 0.15) is 43.4 Å². The normalized spacial score (nSPS) is 10.9. The highest BCUT2D eigenvalue weighted by Crippen LogP contribution is 2.26. The van der Waals surface area contributed by atoms with E-state index in [-0.39, 0.29) is 0 Å². The monoisotopic (exact) mass is 238 g/mol. The molecule has 0 atom stereocenters. The van der Waals surface area contributed by atoms with Gasteiger partial charge in [-0.1, -0.05) is 63.2 Å². The third kappa shape index (κ3) is 2.64. The lowest BCUT2D eigenvalue weighted by Gasteiger charge is -2.10. The van der Waals surface area contributed by atoms with Gasteiger partial charge in [0.05, 0.1) is 0 Å². The first-order valence-electron chi connectivity index (χ1n) is 6.81. The molecule has 0 aliphatic heterocycles. The van der Waals surface area contributed by atoms with Crippen LogP contribution in [0, 0.1) is 6.92 Å². The topological polar surface area (TPSA) is 0 Å². The zero-order chi connectivity index (χ0) is 13.1. The Morgan fingerprint density at radius 2 is 1.61 bits per heavy atom. The molecule has 0 N–H and O–H groups in total. The Morgan fingerprint density at radius 1 is 0.944 bits per heavy atom. The Hall–Kier alpha value is -1.56. The predicted molar refractivity (Wildman–Crippen MR) is 80.1 cm³/mol. The van der Waals surface area contributed by atoms with E-state index in [9.17, 15) is 0 Å². The fourth-order valence-electron chi connectivity index (χ4n) is 2.32. The number of hydrogen-bond acceptors (Lipinski definition) is 0. The maximum atomic E-state index is 2.30. The first-order chi connectivity index (χ1) is 8.61. The van der Waals surface area contributed by atoms with Gasteiger partial charge in [0.15, 0.2) is 0 Å². The molecule has 0 nitrogen and oxygen atoms in total. The zero-order valence-electron chi connectivity index (χ0n) is 11.8.